The Morgan fingerprint density at radius 2 is 1.96 bits per heavy atom. The Morgan fingerprint density at radius 3 is 2.61 bits per heavy atom. The molecule has 1 aromatic carbocycles. The number of nitriles is 1. The van der Waals surface area contributed by atoms with Crippen molar-refractivity contribution in [3.8, 4) is 6.07 Å². The van der Waals surface area contributed by atoms with Crippen LogP contribution in [0.5, 0.6) is 0 Å². The molecule has 2 rings (SSSR count). The van der Waals surface area contributed by atoms with E-state index in [1.54, 1.807) is 18.2 Å². The molecule has 0 radical (unpaired) electrons. The lowest BCUT2D eigenvalue weighted by atomic mass is 10.0. The van der Waals surface area contributed by atoms with Crippen LogP contribution >= 0.6 is 35.4 Å². The standard InChI is InChI=1S/C15H13Cl2N5S/c1-9(13-10(16)3-2-4-11(13)17)8-21-15(23)22-14-12(7-18)19-5-6-20-14/h2-6,9H,8H2,1H3,(H2,20,21,22,23). The zero-order valence-corrected chi connectivity index (χ0v) is 14.5. The van der Waals surface area contributed by atoms with Crippen LogP contribution in [-0.2, 0) is 0 Å². The molecule has 1 atom stereocenters. The molecular formula is C15H13Cl2N5S. The SMILES string of the molecule is CC(CNC(=S)Nc1nccnc1C#N)c1c(Cl)cccc1Cl. The Balaban J connectivity index is 1.98. The number of thiocarbonyl (C=S) groups is 1. The minimum atomic E-state index is 0.0493. The van der Waals surface area contributed by atoms with Crippen LogP contribution in [0, 0.1) is 11.3 Å². The maximum absolute atomic E-state index is 8.97. The third-order valence-electron chi connectivity index (χ3n) is 3.10. The van der Waals surface area contributed by atoms with Crippen LogP contribution in [0.3, 0.4) is 0 Å². The molecule has 0 fully saturated rings. The molecule has 8 heteroatoms. The van der Waals surface area contributed by atoms with Crippen LogP contribution in [0.4, 0.5) is 5.82 Å². The molecule has 23 heavy (non-hydrogen) atoms. The fourth-order valence-corrected chi connectivity index (χ4v) is 2.94. The molecular weight excluding hydrogens is 353 g/mol. The number of halogens is 2. The Hall–Kier alpha value is -1.94. The summed E-state index contributed by atoms with van der Waals surface area (Å²) in [5, 5.41) is 16.5. The zero-order valence-electron chi connectivity index (χ0n) is 12.2. The van der Waals surface area contributed by atoms with E-state index in [1.165, 1.54) is 12.4 Å². The van der Waals surface area contributed by atoms with Crippen molar-refractivity contribution in [1.29, 1.82) is 5.26 Å². The molecule has 0 aliphatic carbocycles. The summed E-state index contributed by atoms with van der Waals surface area (Å²) in [6.07, 6.45) is 2.93. The predicted octanol–water partition coefficient (Wildman–Crippen LogP) is 3.75. The van der Waals surface area contributed by atoms with Crippen molar-refractivity contribution in [1.82, 2.24) is 15.3 Å². The van der Waals surface area contributed by atoms with E-state index in [1.807, 2.05) is 13.0 Å². The van der Waals surface area contributed by atoms with Gasteiger partial charge in [0.2, 0.25) is 0 Å². The van der Waals surface area contributed by atoms with Gasteiger partial charge >= 0.3 is 0 Å². The number of rotatable bonds is 4. The van der Waals surface area contributed by atoms with E-state index in [9.17, 15) is 0 Å². The van der Waals surface area contributed by atoms with Crippen molar-refractivity contribution in [2.45, 2.75) is 12.8 Å². The van der Waals surface area contributed by atoms with Gasteiger partial charge in [-0.25, -0.2) is 9.97 Å². The van der Waals surface area contributed by atoms with Gasteiger partial charge in [-0.05, 0) is 29.9 Å². The highest BCUT2D eigenvalue weighted by Crippen LogP contribution is 2.30. The van der Waals surface area contributed by atoms with Crippen molar-refractivity contribution >= 4 is 46.4 Å². The first-order valence-electron chi connectivity index (χ1n) is 6.72. The molecule has 1 unspecified atom stereocenters. The van der Waals surface area contributed by atoms with E-state index in [4.69, 9.17) is 40.7 Å². The number of hydrogen-bond acceptors (Lipinski definition) is 4. The van der Waals surface area contributed by atoms with Gasteiger partial charge in [-0.15, -0.1) is 0 Å². The fraction of sp³-hybridized carbons (Fsp3) is 0.200. The summed E-state index contributed by atoms with van der Waals surface area (Å²) in [6.45, 7) is 2.52. The van der Waals surface area contributed by atoms with Crippen LogP contribution in [0.15, 0.2) is 30.6 Å². The van der Waals surface area contributed by atoms with Gasteiger partial charge in [0.25, 0.3) is 0 Å². The first-order chi connectivity index (χ1) is 11.0. The molecule has 0 aliphatic heterocycles. The number of hydrogen-bond donors (Lipinski definition) is 2. The van der Waals surface area contributed by atoms with E-state index < -0.39 is 0 Å². The maximum Gasteiger partial charge on any atom is 0.183 e. The second kappa shape index (κ2) is 8.06. The van der Waals surface area contributed by atoms with E-state index in [0.717, 1.165) is 5.56 Å². The van der Waals surface area contributed by atoms with Gasteiger partial charge in [0.1, 0.15) is 6.07 Å². The number of aromatic nitrogens is 2. The normalized spacial score (nSPS) is 11.4. The number of benzene rings is 1. The first kappa shape index (κ1) is 17.4. The van der Waals surface area contributed by atoms with Crippen molar-refractivity contribution in [3.05, 3.63) is 51.9 Å². The lowest BCUT2D eigenvalue weighted by Gasteiger charge is -2.17. The summed E-state index contributed by atoms with van der Waals surface area (Å²) < 4.78 is 0. The van der Waals surface area contributed by atoms with Crippen molar-refractivity contribution in [2.24, 2.45) is 0 Å². The summed E-state index contributed by atoms with van der Waals surface area (Å²) >= 11 is 17.6. The number of anilines is 1. The maximum atomic E-state index is 8.97. The van der Waals surface area contributed by atoms with E-state index >= 15 is 0 Å². The van der Waals surface area contributed by atoms with Crippen molar-refractivity contribution in [2.75, 3.05) is 11.9 Å². The van der Waals surface area contributed by atoms with E-state index in [-0.39, 0.29) is 11.6 Å². The van der Waals surface area contributed by atoms with Crippen molar-refractivity contribution < 1.29 is 0 Å². The highest BCUT2D eigenvalue weighted by Gasteiger charge is 2.14. The summed E-state index contributed by atoms with van der Waals surface area (Å²) in [5.74, 6) is 0.365. The topological polar surface area (TPSA) is 73.6 Å². The quantitative estimate of drug-likeness (QED) is 0.803. The summed E-state index contributed by atoms with van der Waals surface area (Å²) in [6, 6.07) is 7.35. The monoisotopic (exact) mass is 365 g/mol. The van der Waals surface area contributed by atoms with Gasteiger partial charge in [-0.1, -0.05) is 36.2 Å². The minimum absolute atomic E-state index is 0.0493. The van der Waals surface area contributed by atoms with E-state index in [2.05, 4.69) is 20.6 Å². The molecule has 0 saturated heterocycles. The van der Waals surface area contributed by atoms with Gasteiger partial charge in [-0.3, -0.25) is 0 Å². The Kier molecular flexibility index (Phi) is 6.11. The zero-order chi connectivity index (χ0) is 16.8. The molecule has 2 N–H and O–H groups in total. The molecule has 0 saturated carbocycles. The molecule has 1 heterocycles. The molecule has 0 aliphatic rings. The molecule has 5 nitrogen and oxygen atoms in total. The van der Waals surface area contributed by atoms with Gasteiger partial charge in [0.15, 0.2) is 16.6 Å². The summed E-state index contributed by atoms with van der Waals surface area (Å²) in [5.41, 5.74) is 1.04. The summed E-state index contributed by atoms with van der Waals surface area (Å²) in [7, 11) is 0. The van der Waals surface area contributed by atoms with E-state index in [0.29, 0.717) is 27.5 Å². The molecule has 0 bridgehead atoms. The molecule has 118 valence electrons. The van der Waals surface area contributed by atoms with Crippen LogP contribution < -0.4 is 10.6 Å². The lowest BCUT2D eigenvalue weighted by molar-refractivity contribution is 0.724. The average molecular weight is 366 g/mol. The van der Waals surface area contributed by atoms with Crippen LogP contribution in [-0.4, -0.2) is 21.6 Å². The second-order valence-electron chi connectivity index (χ2n) is 4.74. The highest BCUT2D eigenvalue weighted by molar-refractivity contribution is 7.80. The molecule has 2 aromatic rings. The van der Waals surface area contributed by atoms with Crippen molar-refractivity contribution in [3.63, 3.8) is 0 Å². The number of nitrogens with one attached hydrogen (secondary N) is 2. The molecule has 0 amide bonds. The highest BCUT2D eigenvalue weighted by atomic mass is 35.5. The van der Waals surface area contributed by atoms with Crippen LogP contribution in [0.25, 0.3) is 0 Å². The molecule has 0 spiro atoms. The van der Waals surface area contributed by atoms with Gasteiger partial charge < -0.3 is 10.6 Å². The van der Waals surface area contributed by atoms with Crippen LogP contribution in [0.1, 0.15) is 24.1 Å². The third kappa shape index (κ3) is 4.52. The lowest BCUT2D eigenvalue weighted by Crippen LogP contribution is -2.32. The summed E-state index contributed by atoms with van der Waals surface area (Å²) in [4.78, 5) is 7.95. The van der Waals surface area contributed by atoms with Gasteiger partial charge in [0.05, 0.1) is 0 Å². The Morgan fingerprint density at radius 1 is 1.30 bits per heavy atom. The van der Waals surface area contributed by atoms with Gasteiger partial charge in [-0.2, -0.15) is 5.26 Å². The molecule has 1 aromatic heterocycles. The first-order valence-corrected chi connectivity index (χ1v) is 7.89. The fourth-order valence-electron chi connectivity index (χ4n) is 1.99. The smallest absolute Gasteiger partial charge is 0.183 e. The van der Waals surface area contributed by atoms with Gasteiger partial charge in [0, 0.05) is 34.9 Å². The second-order valence-corrected chi connectivity index (χ2v) is 5.96. The largest absolute Gasteiger partial charge is 0.362 e. The third-order valence-corrected chi connectivity index (χ3v) is 4.00. The van der Waals surface area contributed by atoms with Crippen LogP contribution in [0.2, 0.25) is 10.0 Å². The minimum Gasteiger partial charge on any atom is -0.362 e. The Labute approximate surface area is 149 Å². The Bertz CT molecular complexity index is 740. The average Bonchev–Trinajstić information content (AvgIpc) is 2.53. The predicted molar refractivity (Wildman–Crippen MR) is 95.8 cm³/mol. The number of nitrogens with zero attached hydrogens (tertiary/aromatic N) is 3.